The lowest BCUT2D eigenvalue weighted by Crippen LogP contribution is -2.12. The molecular formula is C14H11N3O9S. The van der Waals surface area contributed by atoms with Crippen molar-refractivity contribution in [1.29, 1.82) is 0 Å². The van der Waals surface area contributed by atoms with E-state index in [1.54, 1.807) is 0 Å². The highest BCUT2D eigenvalue weighted by Gasteiger charge is 2.24. The molecule has 0 aliphatic carbocycles. The number of nitro benzene ring substituents is 2. The first-order valence-electron chi connectivity index (χ1n) is 6.90. The molecule has 142 valence electrons. The SMILES string of the molecule is COC(=O)c1cc([N+](=O)[O-])ccc1Oc1ccc(S(N)(=O)=O)cc1[N+](=O)[O-]. The molecule has 2 aromatic carbocycles. The van der Waals surface area contributed by atoms with Crippen LogP contribution >= 0.6 is 0 Å². The monoisotopic (exact) mass is 397 g/mol. The lowest BCUT2D eigenvalue weighted by Gasteiger charge is -2.10. The van der Waals surface area contributed by atoms with E-state index in [-0.39, 0.29) is 11.3 Å². The van der Waals surface area contributed by atoms with Gasteiger partial charge in [0.15, 0.2) is 0 Å². The predicted molar refractivity (Wildman–Crippen MR) is 89.0 cm³/mol. The van der Waals surface area contributed by atoms with Gasteiger partial charge < -0.3 is 9.47 Å². The maximum absolute atomic E-state index is 11.8. The summed E-state index contributed by atoms with van der Waals surface area (Å²) >= 11 is 0. The Morgan fingerprint density at radius 3 is 2.19 bits per heavy atom. The smallest absolute Gasteiger partial charge is 0.341 e. The number of sulfonamides is 1. The van der Waals surface area contributed by atoms with Crippen LogP contribution in [0.1, 0.15) is 10.4 Å². The van der Waals surface area contributed by atoms with Crippen molar-refractivity contribution in [3.8, 4) is 11.5 Å². The summed E-state index contributed by atoms with van der Waals surface area (Å²) < 4.78 is 32.5. The Morgan fingerprint density at radius 1 is 1.04 bits per heavy atom. The van der Waals surface area contributed by atoms with Crippen LogP contribution in [-0.4, -0.2) is 31.3 Å². The summed E-state index contributed by atoms with van der Waals surface area (Å²) in [5.74, 6) is -1.65. The average molecular weight is 397 g/mol. The number of nitrogens with zero attached hydrogens (tertiary/aromatic N) is 2. The van der Waals surface area contributed by atoms with Crippen molar-refractivity contribution < 1.29 is 32.5 Å². The molecule has 0 atom stereocenters. The number of hydrogen-bond acceptors (Lipinski definition) is 9. The van der Waals surface area contributed by atoms with Gasteiger partial charge in [-0.15, -0.1) is 0 Å². The number of nitrogens with two attached hydrogens (primary N) is 1. The van der Waals surface area contributed by atoms with Gasteiger partial charge in [-0.2, -0.15) is 0 Å². The molecule has 0 spiro atoms. The second-order valence-corrected chi connectivity index (χ2v) is 6.52. The van der Waals surface area contributed by atoms with Crippen molar-refractivity contribution >= 4 is 27.4 Å². The van der Waals surface area contributed by atoms with Crippen molar-refractivity contribution in [2.24, 2.45) is 5.14 Å². The minimum atomic E-state index is -4.20. The molecule has 0 saturated carbocycles. The molecule has 0 unspecified atom stereocenters. The first kappa shape index (κ1) is 19.7. The van der Waals surface area contributed by atoms with Crippen molar-refractivity contribution in [2.45, 2.75) is 4.90 Å². The lowest BCUT2D eigenvalue weighted by atomic mass is 10.1. The van der Waals surface area contributed by atoms with E-state index in [2.05, 4.69) is 4.74 Å². The fourth-order valence-corrected chi connectivity index (χ4v) is 2.55. The number of primary sulfonamides is 1. The second-order valence-electron chi connectivity index (χ2n) is 4.96. The quantitative estimate of drug-likeness (QED) is 0.431. The van der Waals surface area contributed by atoms with E-state index < -0.39 is 47.9 Å². The van der Waals surface area contributed by atoms with Crippen LogP contribution in [0.3, 0.4) is 0 Å². The zero-order valence-corrected chi connectivity index (χ0v) is 14.3. The molecule has 0 fully saturated rings. The van der Waals surface area contributed by atoms with Crippen LogP contribution in [0.25, 0.3) is 0 Å². The molecule has 0 radical (unpaired) electrons. The number of esters is 1. The van der Waals surface area contributed by atoms with Gasteiger partial charge in [0.25, 0.3) is 5.69 Å². The van der Waals surface area contributed by atoms with Crippen LogP contribution < -0.4 is 9.88 Å². The third-order valence-corrected chi connectivity index (χ3v) is 4.17. The standard InChI is InChI=1S/C14H11N3O9S/c1-25-14(18)10-6-8(16(19)20)2-4-12(10)26-13-5-3-9(27(15,23)24)7-11(13)17(21)22/h2-7H,1H3,(H2,15,23,24). The largest absolute Gasteiger partial charge is 0.465 e. The molecule has 0 heterocycles. The van der Waals surface area contributed by atoms with Crippen LogP contribution in [0.15, 0.2) is 41.3 Å². The Labute approximate surface area is 151 Å². The number of carbonyl (C=O) groups excluding carboxylic acids is 1. The van der Waals surface area contributed by atoms with Gasteiger partial charge in [-0.25, -0.2) is 18.4 Å². The number of ether oxygens (including phenoxy) is 2. The summed E-state index contributed by atoms with van der Waals surface area (Å²) in [4.78, 5) is 31.8. The Kier molecular flexibility index (Phi) is 5.37. The molecule has 0 saturated heterocycles. The second kappa shape index (κ2) is 7.35. The maximum Gasteiger partial charge on any atom is 0.341 e. The van der Waals surface area contributed by atoms with Crippen LogP contribution in [0.5, 0.6) is 11.5 Å². The first-order chi connectivity index (χ1) is 12.5. The summed E-state index contributed by atoms with van der Waals surface area (Å²) in [5.41, 5.74) is -1.52. The molecule has 0 amide bonds. The number of carbonyl (C=O) groups is 1. The van der Waals surface area contributed by atoms with E-state index in [1.165, 1.54) is 0 Å². The zero-order chi connectivity index (χ0) is 20.4. The van der Waals surface area contributed by atoms with E-state index in [9.17, 15) is 33.4 Å². The van der Waals surface area contributed by atoms with Gasteiger partial charge in [0.1, 0.15) is 11.3 Å². The highest BCUT2D eigenvalue weighted by Crippen LogP contribution is 2.35. The number of hydrogen-bond donors (Lipinski definition) is 1. The molecule has 0 aliphatic rings. The molecule has 2 rings (SSSR count). The number of non-ortho nitro benzene ring substituents is 1. The van der Waals surface area contributed by atoms with Crippen LogP contribution in [0, 0.1) is 20.2 Å². The van der Waals surface area contributed by atoms with Crippen molar-refractivity contribution in [3.05, 3.63) is 62.2 Å². The Bertz CT molecular complexity index is 1050. The Balaban J connectivity index is 2.58. The number of methoxy groups -OCH3 is 1. The predicted octanol–water partition coefficient (Wildman–Crippen LogP) is 1.73. The fourth-order valence-electron chi connectivity index (χ4n) is 2.01. The van der Waals surface area contributed by atoms with E-state index in [4.69, 9.17) is 9.88 Å². The Hall–Kier alpha value is -3.58. The molecule has 0 aromatic heterocycles. The molecule has 0 aliphatic heterocycles. The molecule has 27 heavy (non-hydrogen) atoms. The summed E-state index contributed by atoms with van der Waals surface area (Å²) in [6.45, 7) is 0. The van der Waals surface area contributed by atoms with Gasteiger partial charge in [-0.05, 0) is 18.2 Å². The lowest BCUT2D eigenvalue weighted by molar-refractivity contribution is -0.385. The minimum Gasteiger partial charge on any atom is -0.465 e. The number of nitro groups is 2. The highest BCUT2D eigenvalue weighted by molar-refractivity contribution is 7.89. The van der Waals surface area contributed by atoms with Crippen LogP contribution in [0.4, 0.5) is 11.4 Å². The summed E-state index contributed by atoms with van der Waals surface area (Å²) in [7, 11) is -3.16. The van der Waals surface area contributed by atoms with Crippen molar-refractivity contribution in [3.63, 3.8) is 0 Å². The van der Waals surface area contributed by atoms with Gasteiger partial charge >= 0.3 is 11.7 Å². The topological polar surface area (TPSA) is 182 Å². The van der Waals surface area contributed by atoms with Crippen molar-refractivity contribution in [2.75, 3.05) is 7.11 Å². The van der Waals surface area contributed by atoms with E-state index >= 15 is 0 Å². The third kappa shape index (κ3) is 4.34. The zero-order valence-electron chi connectivity index (χ0n) is 13.5. The van der Waals surface area contributed by atoms with Gasteiger partial charge in [-0.3, -0.25) is 20.2 Å². The summed E-state index contributed by atoms with van der Waals surface area (Å²) in [6.07, 6.45) is 0. The minimum absolute atomic E-state index is 0.265. The van der Waals surface area contributed by atoms with Gasteiger partial charge in [-0.1, -0.05) is 0 Å². The van der Waals surface area contributed by atoms with Crippen LogP contribution in [-0.2, 0) is 14.8 Å². The molecule has 12 nitrogen and oxygen atoms in total. The molecule has 2 aromatic rings. The normalized spacial score (nSPS) is 10.9. The summed E-state index contributed by atoms with van der Waals surface area (Å²) in [5, 5.41) is 27.0. The van der Waals surface area contributed by atoms with Gasteiger partial charge in [0.2, 0.25) is 15.8 Å². The van der Waals surface area contributed by atoms with Gasteiger partial charge in [0.05, 0.1) is 21.9 Å². The maximum atomic E-state index is 11.8. The average Bonchev–Trinajstić information content (AvgIpc) is 2.60. The van der Waals surface area contributed by atoms with E-state index in [0.29, 0.717) is 6.07 Å². The number of rotatable bonds is 6. The van der Waals surface area contributed by atoms with Crippen molar-refractivity contribution in [1.82, 2.24) is 0 Å². The molecular weight excluding hydrogens is 386 g/mol. The molecule has 0 bridgehead atoms. The third-order valence-electron chi connectivity index (χ3n) is 3.25. The van der Waals surface area contributed by atoms with Gasteiger partial charge in [0, 0.05) is 18.2 Å². The summed E-state index contributed by atoms with van der Waals surface area (Å²) in [6, 6.07) is 5.59. The highest BCUT2D eigenvalue weighted by atomic mass is 32.2. The van der Waals surface area contributed by atoms with Crippen LogP contribution in [0.2, 0.25) is 0 Å². The first-order valence-corrected chi connectivity index (χ1v) is 8.45. The van der Waals surface area contributed by atoms with E-state index in [0.717, 1.165) is 37.4 Å². The van der Waals surface area contributed by atoms with E-state index in [1.807, 2.05) is 0 Å². The molecule has 13 heteroatoms. The fraction of sp³-hybridized carbons (Fsp3) is 0.0714. The molecule has 2 N–H and O–H groups in total. The number of benzene rings is 2. The Morgan fingerprint density at radius 2 is 1.67 bits per heavy atom.